The number of nitrogens with one attached hydrogen (secondary N) is 1. The highest BCUT2D eigenvalue weighted by molar-refractivity contribution is 5.80. The van der Waals surface area contributed by atoms with Crippen LogP contribution < -0.4 is 5.56 Å². The number of tetrazole rings is 1. The van der Waals surface area contributed by atoms with Crippen molar-refractivity contribution in [1.82, 2.24) is 30.0 Å². The number of H-pyrrole nitrogens is 1. The SMILES string of the molecule is CCCc1c(Cc2ccc(-c3ccccc3-c3nnn[nH]3)cc2)c(=O)n2n1CCCC2C1(C(=O)OC(C)(C)C)CCCCC1. The van der Waals surface area contributed by atoms with Crippen molar-refractivity contribution in [1.29, 1.82) is 0 Å². The molecular weight excluding hydrogens is 552 g/mol. The van der Waals surface area contributed by atoms with Crippen LogP contribution in [-0.2, 0) is 28.9 Å². The third kappa shape index (κ3) is 5.64. The number of hydrogen-bond donors (Lipinski definition) is 1. The number of carbonyl (C=O) groups excluding carboxylic acids is 1. The van der Waals surface area contributed by atoms with Crippen LogP contribution in [0, 0.1) is 5.41 Å². The molecule has 4 aromatic rings. The molecule has 1 atom stereocenters. The molecule has 44 heavy (non-hydrogen) atoms. The van der Waals surface area contributed by atoms with Crippen LogP contribution in [0.1, 0.15) is 102 Å². The van der Waals surface area contributed by atoms with Gasteiger partial charge in [0, 0.05) is 29.8 Å². The first-order valence-electron chi connectivity index (χ1n) is 16.2. The lowest BCUT2D eigenvalue weighted by atomic mass is 9.67. The van der Waals surface area contributed by atoms with Gasteiger partial charge in [0.1, 0.15) is 5.60 Å². The van der Waals surface area contributed by atoms with E-state index in [4.69, 9.17) is 4.74 Å². The largest absolute Gasteiger partial charge is 0.459 e. The number of hydrogen-bond acceptors (Lipinski definition) is 6. The third-order valence-corrected chi connectivity index (χ3v) is 9.38. The molecule has 2 aromatic heterocycles. The fraction of sp³-hybridized carbons (Fsp3) is 0.514. The molecule has 6 rings (SSSR count). The summed E-state index contributed by atoms with van der Waals surface area (Å²) < 4.78 is 10.3. The summed E-state index contributed by atoms with van der Waals surface area (Å²) in [5.41, 5.74) is 4.90. The van der Waals surface area contributed by atoms with Crippen molar-refractivity contribution in [2.24, 2.45) is 5.41 Å². The lowest BCUT2D eigenvalue weighted by Gasteiger charge is -2.45. The molecule has 1 aliphatic carbocycles. The summed E-state index contributed by atoms with van der Waals surface area (Å²) in [5.74, 6) is 0.491. The highest BCUT2D eigenvalue weighted by atomic mass is 16.6. The minimum atomic E-state index is -0.666. The number of nitrogens with zero attached hydrogens (tertiary/aromatic N) is 5. The minimum absolute atomic E-state index is 0.0545. The summed E-state index contributed by atoms with van der Waals surface area (Å²) in [6.07, 6.45) is 8.76. The number of aromatic nitrogens is 6. The number of benzene rings is 2. The number of fused-ring (bicyclic) bond motifs is 1. The summed E-state index contributed by atoms with van der Waals surface area (Å²) in [6.45, 7) is 8.77. The fourth-order valence-corrected chi connectivity index (χ4v) is 7.43. The molecule has 0 amide bonds. The Bertz CT molecular complexity index is 1650. The molecule has 2 aromatic carbocycles. The smallest absolute Gasteiger partial charge is 0.314 e. The van der Waals surface area contributed by atoms with Gasteiger partial charge in [0.2, 0.25) is 0 Å². The molecule has 1 fully saturated rings. The average molecular weight is 597 g/mol. The van der Waals surface area contributed by atoms with Crippen LogP contribution in [0.4, 0.5) is 0 Å². The first-order valence-corrected chi connectivity index (χ1v) is 16.2. The molecule has 3 heterocycles. The molecule has 2 aliphatic rings. The monoisotopic (exact) mass is 596 g/mol. The van der Waals surface area contributed by atoms with E-state index in [-0.39, 0.29) is 17.6 Å². The van der Waals surface area contributed by atoms with Gasteiger partial charge in [0.05, 0.1) is 11.5 Å². The Morgan fingerprint density at radius 1 is 1.02 bits per heavy atom. The molecule has 9 heteroatoms. The summed E-state index contributed by atoms with van der Waals surface area (Å²) in [6, 6.07) is 16.3. The van der Waals surface area contributed by atoms with E-state index in [0.717, 1.165) is 97.8 Å². The Hall–Kier alpha value is -4.01. The van der Waals surface area contributed by atoms with E-state index in [1.165, 1.54) is 0 Å². The maximum absolute atomic E-state index is 14.4. The number of rotatable bonds is 8. The van der Waals surface area contributed by atoms with Gasteiger partial charge in [-0.05, 0) is 80.0 Å². The fourth-order valence-electron chi connectivity index (χ4n) is 7.43. The van der Waals surface area contributed by atoms with Gasteiger partial charge in [0.25, 0.3) is 5.56 Å². The summed E-state index contributed by atoms with van der Waals surface area (Å²) >= 11 is 0. The standard InChI is InChI=1S/C35H44N6O3/c1-5-12-29-28(23-24-16-18-25(19-17-24)26-13-7-8-14-27(26)31-36-38-39-37-31)32(42)41-30(15-11-22-40(29)41)35(20-9-6-10-21-35)33(43)44-34(2,3)4/h7-8,13-14,16-19,30H,5-6,9-12,15,20-23H2,1-4H3,(H,36,37,38,39). The zero-order valence-electron chi connectivity index (χ0n) is 26.4. The number of carbonyl (C=O) groups is 1. The van der Waals surface area contributed by atoms with E-state index in [9.17, 15) is 9.59 Å². The quantitative estimate of drug-likeness (QED) is 0.228. The van der Waals surface area contributed by atoms with Crippen LogP contribution in [0.5, 0.6) is 0 Å². The van der Waals surface area contributed by atoms with Crippen molar-refractivity contribution >= 4 is 5.97 Å². The second-order valence-corrected chi connectivity index (χ2v) is 13.5. The van der Waals surface area contributed by atoms with E-state index in [2.05, 4.69) is 62.6 Å². The molecule has 0 saturated heterocycles. The third-order valence-electron chi connectivity index (χ3n) is 9.38. The number of aromatic amines is 1. The lowest BCUT2D eigenvalue weighted by molar-refractivity contribution is -0.175. The van der Waals surface area contributed by atoms with Crippen LogP contribution in [0.25, 0.3) is 22.5 Å². The summed E-state index contributed by atoms with van der Waals surface area (Å²) in [5, 5.41) is 14.4. The Labute approximate surface area is 259 Å². The number of esters is 1. The van der Waals surface area contributed by atoms with E-state index in [0.29, 0.717) is 12.2 Å². The maximum Gasteiger partial charge on any atom is 0.314 e. The highest BCUT2D eigenvalue weighted by Crippen LogP contribution is 2.49. The van der Waals surface area contributed by atoms with Crippen molar-refractivity contribution in [3.05, 3.63) is 75.7 Å². The minimum Gasteiger partial charge on any atom is -0.459 e. The van der Waals surface area contributed by atoms with Gasteiger partial charge in [-0.2, -0.15) is 0 Å². The Kier molecular flexibility index (Phi) is 8.31. The first kappa shape index (κ1) is 30.0. The Balaban J connectivity index is 1.36. The van der Waals surface area contributed by atoms with Crippen LogP contribution in [0.2, 0.25) is 0 Å². The van der Waals surface area contributed by atoms with Crippen molar-refractivity contribution in [2.45, 2.75) is 110 Å². The molecule has 1 unspecified atom stereocenters. The van der Waals surface area contributed by atoms with Crippen molar-refractivity contribution in [3.8, 4) is 22.5 Å². The predicted octanol–water partition coefficient (Wildman–Crippen LogP) is 6.67. The van der Waals surface area contributed by atoms with E-state index < -0.39 is 11.0 Å². The van der Waals surface area contributed by atoms with Gasteiger partial charge in [0.15, 0.2) is 5.82 Å². The summed E-state index contributed by atoms with van der Waals surface area (Å²) in [4.78, 5) is 28.4. The van der Waals surface area contributed by atoms with Crippen molar-refractivity contribution in [3.63, 3.8) is 0 Å². The van der Waals surface area contributed by atoms with Gasteiger partial charge in [-0.15, -0.1) is 5.10 Å². The Morgan fingerprint density at radius 3 is 2.41 bits per heavy atom. The van der Waals surface area contributed by atoms with Crippen LogP contribution in [0.15, 0.2) is 53.3 Å². The van der Waals surface area contributed by atoms with Crippen molar-refractivity contribution in [2.75, 3.05) is 0 Å². The molecule has 0 bridgehead atoms. The second-order valence-electron chi connectivity index (χ2n) is 13.5. The van der Waals surface area contributed by atoms with Gasteiger partial charge < -0.3 is 4.74 Å². The maximum atomic E-state index is 14.4. The van der Waals surface area contributed by atoms with E-state index in [1.807, 2.05) is 43.7 Å². The Morgan fingerprint density at radius 2 is 1.75 bits per heavy atom. The zero-order valence-corrected chi connectivity index (χ0v) is 26.4. The molecule has 0 spiro atoms. The molecule has 0 radical (unpaired) electrons. The summed E-state index contributed by atoms with van der Waals surface area (Å²) in [7, 11) is 0. The molecule has 1 N–H and O–H groups in total. The first-order chi connectivity index (χ1) is 21.2. The topological polar surface area (TPSA) is 108 Å². The highest BCUT2D eigenvalue weighted by Gasteiger charge is 2.51. The lowest BCUT2D eigenvalue weighted by Crippen LogP contribution is -2.49. The molecule has 232 valence electrons. The average Bonchev–Trinajstić information content (AvgIpc) is 3.65. The molecule has 1 saturated carbocycles. The van der Waals surface area contributed by atoms with Gasteiger partial charge in [-0.3, -0.25) is 14.3 Å². The van der Waals surface area contributed by atoms with Gasteiger partial charge >= 0.3 is 5.97 Å². The van der Waals surface area contributed by atoms with Crippen molar-refractivity contribution < 1.29 is 9.53 Å². The second kappa shape index (κ2) is 12.2. The van der Waals surface area contributed by atoms with Crippen LogP contribution in [-0.4, -0.2) is 41.6 Å². The molecular formula is C35H44N6O3. The molecule has 1 aliphatic heterocycles. The van der Waals surface area contributed by atoms with Crippen LogP contribution in [0.3, 0.4) is 0 Å². The van der Waals surface area contributed by atoms with Gasteiger partial charge in [-0.25, -0.2) is 9.78 Å². The van der Waals surface area contributed by atoms with E-state index >= 15 is 0 Å². The van der Waals surface area contributed by atoms with Crippen LogP contribution >= 0.6 is 0 Å². The zero-order chi connectivity index (χ0) is 30.9. The van der Waals surface area contributed by atoms with Gasteiger partial charge in [-0.1, -0.05) is 81.1 Å². The van der Waals surface area contributed by atoms with E-state index in [1.54, 1.807) is 0 Å². The normalized spacial score (nSPS) is 18.1. The predicted molar refractivity (Wildman–Crippen MR) is 170 cm³/mol. The number of ether oxygens (including phenoxy) is 1. The molecule has 9 nitrogen and oxygen atoms in total.